The van der Waals surface area contributed by atoms with Crippen molar-refractivity contribution in [1.29, 1.82) is 0 Å². The number of aliphatic hydroxyl groups excluding tert-OH is 1. The minimum Gasteiger partial charge on any atom is -0.490 e. The fourth-order valence-corrected chi connectivity index (χ4v) is 5.65. The molecule has 2 aromatic rings. The van der Waals surface area contributed by atoms with E-state index < -0.39 is 22.0 Å². The second kappa shape index (κ2) is 15.5. The van der Waals surface area contributed by atoms with Gasteiger partial charge in [-0.2, -0.15) is 0 Å². The van der Waals surface area contributed by atoms with Crippen molar-refractivity contribution >= 4 is 27.6 Å². The fourth-order valence-electron chi connectivity index (χ4n) is 5.10. The number of amides is 1. The third-order valence-electron chi connectivity index (χ3n) is 7.50. The van der Waals surface area contributed by atoms with E-state index in [2.05, 4.69) is 9.62 Å². The average Bonchev–Trinajstić information content (AvgIpc) is 2.94. The average molecular weight is 620 g/mol. The van der Waals surface area contributed by atoms with E-state index >= 15 is 0 Å². The summed E-state index contributed by atoms with van der Waals surface area (Å²) in [5.74, 6) is -1.11. The van der Waals surface area contributed by atoms with Crippen molar-refractivity contribution in [2.45, 2.75) is 64.8 Å². The Morgan fingerprint density at radius 2 is 1.86 bits per heavy atom. The zero-order valence-corrected chi connectivity index (χ0v) is 26.5. The smallest absolute Gasteiger partial charge is 0.335 e. The number of fused-ring (bicyclic) bond motifs is 1. The van der Waals surface area contributed by atoms with Gasteiger partial charge in [-0.3, -0.25) is 14.4 Å². The van der Waals surface area contributed by atoms with Crippen molar-refractivity contribution in [1.82, 2.24) is 9.80 Å². The molecule has 4 atom stereocenters. The lowest BCUT2D eigenvalue weighted by molar-refractivity contribution is -0.0177. The number of carbonyl (C=O) groups excluding carboxylic acids is 1. The maximum Gasteiger partial charge on any atom is 0.335 e. The van der Waals surface area contributed by atoms with Crippen LogP contribution in [0.25, 0.3) is 0 Å². The predicted molar refractivity (Wildman–Crippen MR) is 165 cm³/mol. The highest BCUT2D eigenvalue weighted by atomic mass is 32.2. The number of aromatic carboxylic acids is 1. The lowest BCUT2D eigenvalue weighted by Crippen LogP contribution is -2.47. The van der Waals surface area contributed by atoms with Crippen molar-refractivity contribution in [2.75, 3.05) is 44.3 Å². The largest absolute Gasteiger partial charge is 0.490 e. The SMILES string of the molecule is C[C@@H]1CCCCO[C@@H](CN(C)Cc2ccc(C(=O)O)cc2)[C@H](C)CN([C@H](C)CO)C(=O)c2cc(NS(C)(=O)=O)ccc2O1. The van der Waals surface area contributed by atoms with Gasteiger partial charge in [0.15, 0.2) is 0 Å². The molecule has 0 saturated heterocycles. The first kappa shape index (κ1) is 34.3. The Morgan fingerprint density at radius 3 is 2.49 bits per heavy atom. The number of ether oxygens (including phenoxy) is 2. The number of carboxylic acid groups (broad SMARTS) is 1. The molecule has 0 fully saturated rings. The molecule has 0 aliphatic carbocycles. The van der Waals surface area contributed by atoms with Crippen LogP contribution >= 0.6 is 0 Å². The summed E-state index contributed by atoms with van der Waals surface area (Å²) in [6, 6.07) is 10.9. The molecule has 0 radical (unpaired) electrons. The molecule has 238 valence electrons. The number of hydrogen-bond acceptors (Lipinski definition) is 8. The maximum atomic E-state index is 14.1. The summed E-state index contributed by atoms with van der Waals surface area (Å²) in [7, 11) is -1.61. The maximum absolute atomic E-state index is 14.1. The van der Waals surface area contributed by atoms with Gasteiger partial charge in [0.2, 0.25) is 10.0 Å². The Hall–Kier alpha value is -3.19. The normalized spacial score (nSPS) is 21.4. The number of carboxylic acids is 1. The van der Waals surface area contributed by atoms with Crippen LogP contribution in [0.4, 0.5) is 5.69 Å². The summed E-state index contributed by atoms with van der Waals surface area (Å²) < 4.78 is 38.8. The molecule has 2 aromatic carbocycles. The lowest BCUT2D eigenvalue weighted by Gasteiger charge is -2.36. The van der Waals surface area contributed by atoms with Crippen LogP contribution in [0, 0.1) is 5.92 Å². The summed E-state index contributed by atoms with van der Waals surface area (Å²) in [4.78, 5) is 29.0. The third kappa shape index (κ3) is 10.5. The topological polar surface area (TPSA) is 146 Å². The number of rotatable bonds is 9. The minimum atomic E-state index is -3.57. The molecular formula is C31H45N3O8S. The van der Waals surface area contributed by atoms with Gasteiger partial charge in [-0.15, -0.1) is 0 Å². The molecule has 1 amide bonds. The molecule has 0 spiro atoms. The minimum absolute atomic E-state index is 0.127. The molecule has 11 nitrogen and oxygen atoms in total. The van der Waals surface area contributed by atoms with Crippen molar-refractivity contribution in [3.63, 3.8) is 0 Å². The van der Waals surface area contributed by atoms with Gasteiger partial charge in [-0.1, -0.05) is 19.1 Å². The molecule has 12 heteroatoms. The van der Waals surface area contributed by atoms with Crippen LogP contribution in [0.15, 0.2) is 42.5 Å². The summed E-state index contributed by atoms with van der Waals surface area (Å²) in [6.07, 6.45) is 3.04. The molecule has 0 unspecified atom stereocenters. The van der Waals surface area contributed by atoms with Gasteiger partial charge in [-0.25, -0.2) is 13.2 Å². The number of carbonyl (C=O) groups is 2. The number of nitrogens with one attached hydrogen (secondary N) is 1. The lowest BCUT2D eigenvalue weighted by atomic mass is 10.0. The number of benzene rings is 2. The van der Waals surface area contributed by atoms with E-state index in [9.17, 15) is 28.2 Å². The van der Waals surface area contributed by atoms with Crippen molar-refractivity contribution in [3.05, 3.63) is 59.2 Å². The third-order valence-corrected chi connectivity index (χ3v) is 8.11. The molecule has 3 rings (SSSR count). The predicted octanol–water partition coefficient (Wildman–Crippen LogP) is 3.68. The monoisotopic (exact) mass is 619 g/mol. The van der Waals surface area contributed by atoms with Gasteiger partial charge in [-0.05, 0) is 76.1 Å². The number of nitrogens with zero attached hydrogens (tertiary/aromatic N) is 2. The van der Waals surface area contributed by atoms with Gasteiger partial charge in [0.1, 0.15) is 5.75 Å². The second-order valence-electron chi connectivity index (χ2n) is 11.6. The van der Waals surface area contributed by atoms with Crippen LogP contribution in [0.5, 0.6) is 5.75 Å². The zero-order valence-electron chi connectivity index (χ0n) is 25.7. The van der Waals surface area contributed by atoms with E-state index in [0.29, 0.717) is 25.4 Å². The Balaban J connectivity index is 1.89. The van der Waals surface area contributed by atoms with Gasteiger partial charge in [0.25, 0.3) is 5.91 Å². The first-order valence-electron chi connectivity index (χ1n) is 14.6. The van der Waals surface area contributed by atoms with Crippen LogP contribution in [0.1, 0.15) is 66.3 Å². The van der Waals surface area contributed by atoms with E-state index in [4.69, 9.17) is 9.47 Å². The number of hydrogen-bond donors (Lipinski definition) is 3. The van der Waals surface area contributed by atoms with Crippen LogP contribution in [-0.4, -0.2) is 98.2 Å². The molecule has 1 aliphatic rings. The summed E-state index contributed by atoms with van der Waals surface area (Å²) >= 11 is 0. The molecule has 0 saturated carbocycles. The van der Waals surface area contributed by atoms with Gasteiger partial charge < -0.3 is 24.6 Å². The van der Waals surface area contributed by atoms with E-state index in [1.807, 2.05) is 20.9 Å². The second-order valence-corrected chi connectivity index (χ2v) is 13.3. The van der Waals surface area contributed by atoms with Crippen molar-refractivity contribution in [3.8, 4) is 5.75 Å². The highest BCUT2D eigenvalue weighted by Gasteiger charge is 2.30. The first-order chi connectivity index (χ1) is 20.3. The molecule has 1 heterocycles. The van der Waals surface area contributed by atoms with Gasteiger partial charge in [0.05, 0.1) is 42.2 Å². The van der Waals surface area contributed by atoms with E-state index in [-0.39, 0.29) is 54.0 Å². The number of likely N-dealkylation sites (N-methyl/N-ethyl adjacent to an activating group) is 1. The quantitative estimate of drug-likeness (QED) is 0.383. The Labute approximate surface area is 254 Å². The number of sulfonamides is 1. The number of aliphatic hydroxyl groups is 1. The van der Waals surface area contributed by atoms with Gasteiger partial charge >= 0.3 is 5.97 Å². The van der Waals surface area contributed by atoms with Crippen LogP contribution in [-0.2, 0) is 21.3 Å². The Bertz CT molecular complexity index is 1340. The molecule has 0 aromatic heterocycles. The van der Waals surface area contributed by atoms with Crippen LogP contribution in [0.3, 0.4) is 0 Å². The van der Waals surface area contributed by atoms with Crippen molar-refractivity contribution in [2.24, 2.45) is 5.92 Å². The summed E-state index contributed by atoms with van der Waals surface area (Å²) in [6.45, 7) is 7.42. The summed E-state index contributed by atoms with van der Waals surface area (Å²) in [5, 5.41) is 19.3. The summed E-state index contributed by atoms with van der Waals surface area (Å²) in [5.41, 5.74) is 1.66. The van der Waals surface area contributed by atoms with Gasteiger partial charge in [0, 0.05) is 37.8 Å². The van der Waals surface area contributed by atoms with E-state index in [0.717, 1.165) is 31.1 Å². The number of anilines is 1. The molecule has 0 bridgehead atoms. The molecule has 43 heavy (non-hydrogen) atoms. The van der Waals surface area contributed by atoms with Crippen molar-refractivity contribution < 1.29 is 37.7 Å². The highest BCUT2D eigenvalue weighted by Crippen LogP contribution is 2.29. The van der Waals surface area contributed by atoms with E-state index in [1.165, 1.54) is 6.07 Å². The molecule has 3 N–H and O–H groups in total. The Kier molecular flexibility index (Phi) is 12.4. The highest BCUT2D eigenvalue weighted by molar-refractivity contribution is 7.92. The first-order valence-corrected chi connectivity index (χ1v) is 16.5. The molecule has 1 aliphatic heterocycles. The van der Waals surface area contributed by atoms with E-state index in [1.54, 1.807) is 48.2 Å². The van der Waals surface area contributed by atoms with Crippen LogP contribution < -0.4 is 9.46 Å². The standard InChI is InChI=1S/C31H45N3O8S/c1-21-17-34(22(2)20-35)30(36)27-16-26(32-43(5,39)40)13-14-28(27)42-23(3)8-6-7-15-41-29(21)19-33(4)18-24-9-11-25(12-10-24)31(37)38/h9-14,16,21-23,29,32,35H,6-8,15,17-20H2,1-5H3,(H,37,38)/t21-,22-,23-,29+/m1/s1. The molecular weight excluding hydrogens is 574 g/mol. The zero-order chi connectivity index (χ0) is 31.7. The Morgan fingerprint density at radius 1 is 1.16 bits per heavy atom. The fraction of sp³-hybridized carbons (Fsp3) is 0.548. The van der Waals surface area contributed by atoms with Crippen LogP contribution in [0.2, 0.25) is 0 Å².